The maximum absolute atomic E-state index is 14.0. The summed E-state index contributed by atoms with van der Waals surface area (Å²) in [5.41, 5.74) is 12.2. The highest BCUT2D eigenvalue weighted by molar-refractivity contribution is 5.93. The van der Waals surface area contributed by atoms with Gasteiger partial charge in [0, 0.05) is 23.3 Å². The quantitative estimate of drug-likeness (QED) is 0.660. The molecule has 6 N–H and O–H groups in total. The second-order valence-corrected chi connectivity index (χ2v) is 6.21. The minimum atomic E-state index is -0.497. The molecule has 1 fully saturated rings. The van der Waals surface area contributed by atoms with E-state index in [2.05, 4.69) is 20.6 Å². The fourth-order valence-electron chi connectivity index (χ4n) is 2.83. The average molecular weight is 344 g/mol. The van der Waals surface area contributed by atoms with Gasteiger partial charge in [0.25, 0.3) is 0 Å². The Balaban J connectivity index is 1.69. The SMILES string of the molecule is NC(=O)c1ccc(Nc2ncc(F)c(N[C@H]3CC[C@H](N)CC3)n2)cc1. The van der Waals surface area contributed by atoms with Crippen LogP contribution in [0, 0.1) is 5.82 Å². The van der Waals surface area contributed by atoms with E-state index in [0.29, 0.717) is 11.3 Å². The Bertz CT molecular complexity index is 743. The monoisotopic (exact) mass is 344 g/mol. The Labute approximate surface area is 145 Å². The fraction of sp³-hybridized carbons (Fsp3) is 0.353. The molecule has 1 aromatic heterocycles. The number of carbonyl (C=O) groups excluding carboxylic acids is 1. The van der Waals surface area contributed by atoms with Gasteiger partial charge in [-0.2, -0.15) is 4.98 Å². The molecular formula is C17H21FN6O. The third-order valence-corrected chi connectivity index (χ3v) is 4.28. The Hall–Kier alpha value is -2.74. The Morgan fingerprint density at radius 3 is 2.48 bits per heavy atom. The van der Waals surface area contributed by atoms with E-state index in [1.54, 1.807) is 24.3 Å². The lowest BCUT2D eigenvalue weighted by atomic mass is 9.92. The normalized spacial score (nSPS) is 20.1. The first kappa shape index (κ1) is 17.1. The highest BCUT2D eigenvalue weighted by Crippen LogP contribution is 2.23. The molecular weight excluding hydrogens is 323 g/mol. The molecule has 0 unspecified atom stereocenters. The molecule has 1 heterocycles. The lowest BCUT2D eigenvalue weighted by Crippen LogP contribution is -2.33. The molecule has 0 spiro atoms. The third-order valence-electron chi connectivity index (χ3n) is 4.28. The van der Waals surface area contributed by atoms with Crippen molar-refractivity contribution in [3.63, 3.8) is 0 Å². The van der Waals surface area contributed by atoms with Crippen molar-refractivity contribution in [1.82, 2.24) is 9.97 Å². The van der Waals surface area contributed by atoms with E-state index in [4.69, 9.17) is 11.5 Å². The molecule has 1 amide bonds. The predicted octanol–water partition coefficient (Wildman–Crippen LogP) is 2.14. The van der Waals surface area contributed by atoms with E-state index in [9.17, 15) is 9.18 Å². The molecule has 7 nitrogen and oxygen atoms in total. The number of rotatable bonds is 5. The van der Waals surface area contributed by atoms with Crippen LogP contribution in [0.25, 0.3) is 0 Å². The third kappa shape index (κ3) is 4.42. The van der Waals surface area contributed by atoms with Crippen LogP contribution in [0.5, 0.6) is 0 Å². The standard InChI is InChI=1S/C17H21FN6O/c18-14-9-21-17(23-13-5-1-10(2-6-13)15(20)25)24-16(14)22-12-7-3-11(19)4-8-12/h1-2,5-6,9,11-12H,3-4,7-8,19H2,(H2,20,25)(H2,21,22,23,24)/t11-,12-. The number of anilines is 3. The topological polar surface area (TPSA) is 119 Å². The predicted molar refractivity (Wildman–Crippen MR) is 94.1 cm³/mol. The summed E-state index contributed by atoms with van der Waals surface area (Å²) in [7, 11) is 0. The van der Waals surface area contributed by atoms with Gasteiger partial charge >= 0.3 is 0 Å². The molecule has 0 saturated heterocycles. The number of aromatic nitrogens is 2. The second kappa shape index (κ2) is 7.43. The van der Waals surface area contributed by atoms with Crippen molar-refractivity contribution in [1.29, 1.82) is 0 Å². The summed E-state index contributed by atoms with van der Waals surface area (Å²) in [6, 6.07) is 6.95. The lowest BCUT2D eigenvalue weighted by molar-refractivity contribution is 0.100. The molecule has 3 rings (SSSR count). The molecule has 0 radical (unpaired) electrons. The molecule has 2 aromatic rings. The van der Waals surface area contributed by atoms with Gasteiger partial charge in [0.1, 0.15) is 0 Å². The average Bonchev–Trinajstić information content (AvgIpc) is 2.60. The van der Waals surface area contributed by atoms with Gasteiger partial charge in [0.05, 0.1) is 6.20 Å². The van der Waals surface area contributed by atoms with Gasteiger partial charge in [-0.1, -0.05) is 0 Å². The van der Waals surface area contributed by atoms with E-state index in [0.717, 1.165) is 31.9 Å². The number of halogens is 1. The summed E-state index contributed by atoms with van der Waals surface area (Å²) < 4.78 is 14.0. The van der Waals surface area contributed by atoms with Crippen molar-refractivity contribution >= 4 is 23.4 Å². The van der Waals surface area contributed by atoms with E-state index in [1.807, 2.05) is 0 Å². The van der Waals surface area contributed by atoms with Crippen molar-refractivity contribution in [2.75, 3.05) is 10.6 Å². The van der Waals surface area contributed by atoms with Gasteiger partial charge in [0.2, 0.25) is 11.9 Å². The molecule has 132 valence electrons. The summed E-state index contributed by atoms with van der Waals surface area (Å²) >= 11 is 0. The zero-order valence-corrected chi connectivity index (χ0v) is 13.7. The highest BCUT2D eigenvalue weighted by Gasteiger charge is 2.20. The maximum atomic E-state index is 14.0. The number of amides is 1. The number of primary amides is 1. The van der Waals surface area contributed by atoms with Crippen molar-refractivity contribution in [2.45, 2.75) is 37.8 Å². The van der Waals surface area contributed by atoms with Gasteiger partial charge in [-0.3, -0.25) is 4.79 Å². The van der Waals surface area contributed by atoms with Crippen molar-refractivity contribution in [3.05, 3.63) is 41.8 Å². The Morgan fingerprint density at radius 2 is 1.84 bits per heavy atom. The number of hydrogen-bond donors (Lipinski definition) is 4. The molecule has 0 atom stereocenters. The van der Waals surface area contributed by atoms with Gasteiger partial charge in [0.15, 0.2) is 11.6 Å². The van der Waals surface area contributed by atoms with Crippen LogP contribution < -0.4 is 22.1 Å². The number of nitrogens with zero attached hydrogens (tertiary/aromatic N) is 2. The molecule has 1 aliphatic carbocycles. The number of nitrogens with one attached hydrogen (secondary N) is 2. The van der Waals surface area contributed by atoms with Crippen molar-refractivity contribution in [2.24, 2.45) is 11.5 Å². The van der Waals surface area contributed by atoms with E-state index >= 15 is 0 Å². The summed E-state index contributed by atoms with van der Waals surface area (Å²) in [6.07, 6.45) is 4.75. The van der Waals surface area contributed by atoms with Crippen LogP contribution in [0.1, 0.15) is 36.0 Å². The number of benzene rings is 1. The molecule has 25 heavy (non-hydrogen) atoms. The lowest BCUT2D eigenvalue weighted by Gasteiger charge is -2.27. The fourth-order valence-corrected chi connectivity index (χ4v) is 2.83. The molecule has 0 bridgehead atoms. The largest absolute Gasteiger partial charge is 0.366 e. The van der Waals surface area contributed by atoms with Gasteiger partial charge < -0.3 is 22.1 Å². The van der Waals surface area contributed by atoms with Crippen LogP contribution in [-0.4, -0.2) is 28.0 Å². The molecule has 0 aliphatic heterocycles. The molecule has 1 aliphatic rings. The molecule has 1 aromatic carbocycles. The smallest absolute Gasteiger partial charge is 0.248 e. The summed E-state index contributed by atoms with van der Waals surface area (Å²) in [6.45, 7) is 0. The van der Waals surface area contributed by atoms with Crippen LogP contribution in [0.15, 0.2) is 30.5 Å². The molecule has 8 heteroatoms. The first-order valence-corrected chi connectivity index (χ1v) is 8.23. The minimum Gasteiger partial charge on any atom is -0.366 e. The first-order valence-electron chi connectivity index (χ1n) is 8.23. The van der Waals surface area contributed by atoms with Crippen LogP contribution >= 0.6 is 0 Å². The summed E-state index contributed by atoms with van der Waals surface area (Å²) in [5, 5.41) is 6.12. The second-order valence-electron chi connectivity index (χ2n) is 6.21. The highest BCUT2D eigenvalue weighted by atomic mass is 19.1. The zero-order chi connectivity index (χ0) is 17.8. The van der Waals surface area contributed by atoms with Crippen molar-refractivity contribution in [3.8, 4) is 0 Å². The Morgan fingerprint density at radius 1 is 1.16 bits per heavy atom. The number of carbonyl (C=O) groups is 1. The summed E-state index contributed by atoms with van der Waals surface area (Å²) in [4.78, 5) is 19.2. The maximum Gasteiger partial charge on any atom is 0.248 e. The van der Waals surface area contributed by atoms with Crippen LogP contribution in [-0.2, 0) is 0 Å². The zero-order valence-electron chi connectivity index (χ0n) is 13.7. The number of nitrogens with two attached hydrogens (primary N) is 2. The first-order chi connectivity index (χ1) is 12.0. The van der Waals surface area contributed by atoms with Crippen LogP contribution in [0.4, 0.5) is 21.8 Å². The van der Waals surface area contributed by atoms with Crippen LogP contribution in [0.2, 0.25) is 0 Å². The van der Waals surface area contributed by atoms with Crippen LogP contribution in [0.3, 0.4) is 0 Å². The molecule has 1 saturated carbocycles. The minimum absolute atomic E-state index is 0.159. The Kier molecular flexibility index (Phi) is 5.08. The van der Waals surface area contributed by atoms with Gasteiger partial charge in [-0.25, -0.2) is 9.37 Å². The number of hydrogen-bond acceptors (Lipinski definition) is 6. The van der Waals surface area contributed by atoms with E-state index in [-0.39, 0.29) is 23.8 Å². The van der Waals surface area contributed by atoms with Gasteiger partial charge in [-0.05, 0) is 49.9 Å². The van der Waals surface area contributed by atoms with E-state index < -0.39 is 11.7 Å². The van der Waals surface area contributed by atoms with Gasteiger partial charge in [-0.15, -0.1) is 0 Å². The van der Waals surface area contributed by atoms with Crippen molar-refractivity contribution < 1.29 is 9.18 Å². The van der Waals surface area contributed by atoms with E-state index in [1.165, 1.54) is 0 Å². The summed E-state index contributed by atoms with van der Waals surface area (Å²) in [5.74, 6) is -0.553.